The number of ether oxygens (including phenoxy) is 1. The lowest BCUT2D eigenvalue weighted by Gasteiger charge is -2.38. The van der Waals surface area contributed by atoms with E-state index >= 15 is 0 Å². The second kappa shape index (κ2) is 9.54. The van der Waals surface area contributed by atoms with Gasteiger partial charge in [0.25, 0.3) is 5.91 Å². The van der Waals surface area contributed by atoms with E-state index in [0.717, 1.165) is 35.6 Å². The first-order valence-electron chi connectivity index (χ1n) is 10.2. The molecule has 2 aromatic carbocycles. The van der Waals surface area contributed by atoms with Gasteiger partial charge < -0.3 is 15.0 Å². The van der Waals surface area contributed by atoms with Crippen LogP contribution in [0.2, 0.25) is 0 Å². The van der Waals surface area contributed by atoms with Crippen LogP contribution in [0.3, 0.4) is 0 Å². The number of nitrogens with zero attached hydrogens (tertiary/aromatic N) is 1. The summed E-state index contributed by atoms with van der Waals surface area (Å²) in [5.74, 6) is -1.05. The van der Waals surface area contributed by atoms with Crippen LogP contribution in [0.5, 0.6) is 0 Å². The van der Waals surface area contributed by atoms with Gasteiger partial charge in [-0.1, -0.05) is 42.5 Å². The summed E-state index contributed by atoms with van der Waals surface area (Å²) in [7, 11) is 0. The molecule has 1 aliphatic rings. The van der Waals surface area contributed by atoms with E-state index < -0.39 is 5.97 Å². The van der Waals surface area contributed by atoms with Gasteiger partial charge in [-0.15, -0.1) is 0 Å². The van der Waals surface area contributed by atoms with Crippen LogP contribution in [0.1, 0.15) is 38.7 Å². The van der Waals surface area contributed by atoms with E-state index in [0.29, 0.717) is 0 Å². The molecule has 3 rings (SSSR count). The fourth-order valence-electron chi connectivity index (χ4n) is 4.03. The molecule has 0 saturated carbocycles. The molecule has 6 heteroatoms. The van der Waals surface area contributed by atoms with Crippen molar-refractivity contribution in [2.75, 3.05) is 13.2 Å². The Morgan fingerprint density at radius 1 is 1.03 bits per heavy atom. The number of esters is 1. The lowest BCUT2D eigenvalue weighted by Crippen LogP contribution is -2.49. The Labute approximate surface area is 171 Å². The molecule has 1 saturated heterocycles. The third-order valence-electron chi connectivity index (χ3n) is 5.50. The van der Waals surface area contributed by atoms with Gasteiger partial charge in [0.15, 0.2) is 6.61 Å². The molecule has 0 radical (unpaired) electrons. The van der Waals surface area contributed by atoms with Crippen LogP contribution < -0.4 is 5.32 Å². The average Bonchev–Trinajstić information content (AvgIpc) is 2.71. The molecule has 0 bridgehead atoms. The molecule has 0 aromatic heterocycles. The van der Waals surface area contributed by atoms with Crippen LogP contribution in [0.15, 0.2) is 42.5 Å². The third-order valence-corrected chi connectivity index (χ3v) is 5.50. The third kappa shape index (κ3) is 5.34. The van der Waals surface area contributed by atoms with E-state index in [-0.39, 0.29) is 43.5 Å². The highest BCUT2D eigenvalue weighted by atomic mass is 16.5. The molecule has 1 heterocycles. The highest BCUT2D eigenvalue weighted by Crippen LogP contribution is 2.22. The molecule has 154 valence electrons. The molecule has 29 heavy (non-hydrogen) atoms. The summed E-state index contributed by atoms with van der Waals surface area (Å²) in [4.78, 5) is 38.4. The number of piperidine rings is 1. The SMILES string of the molecule is C[C@H]1CCC[C@H](C)N1C(=O)COC(=O)CNC(=O)Cc1cccc2ccccc12. The summed E-state index contributed by atoms with van der Waals surface area (Å²) in [6.07, 6.45) is 3.22. The fourth-order valence-corrected chi connectivity index (χ4v) is 4.03. The standard InChI is InChI=1S/C23H28N2O4/c1-16-7-5-8-17(2)25(16)22(27)15-29-23(28)14-24-21(26)13-19-11-6-10-18-9-3-4-12-20(18)19/h3-4,6,9-12,16-17H,5,7-8,13-15H2,1-2H3,(H,24,26)/t16-,17-/m0/s1. The molecule has 2 atom stereocenters. The van der Waals surface area contributed by atoms with Crippen molar-refractivity contribution in [2.45, 2.75) is 51.6 Å². The van der Waals surface area contributed by atoms with Crippen LogP contribution in [0.4, 0.5) is 0 Å². The smallest absolute Gasteiger partial charge is 0.325 e. The van der Waals surface area contributed by atoms with Gasteiger partial charge in [-0.25, -0.2) is 0 Å². The van der Waals surface area contributed by atoms with Gasteiger partial charge in [0, 0.05) is 12.1 Å². The zero-order valence-electron chi connectivity index (χ0n) is 17.0. The van der Waals surface area contributed by atoms with Gasteiger partial charge in [0.1, 0.15) is 6.54 Å². The maximum Gasteiger partial charge on any atom is 0.325 e. The van der Waals surface area contributed by atoms with Crippen molar-refractivity contribution in [3.05, 3.63) is 48.0 Å². The number of likely N-dealkylation sites (tertiary alicyclic amines) is 1. The first kappa shape index (κ1) is 20.8. The van der Waals surface area contributed by atoms with Crippen molar-refractivity contribution in [1.82, 2.24) is 10.2 Å². The van der Waals surface area contributed by atoms with Crippen LogP contribution >= 0.6 is 0 Å². The minimum atomic E-state index is -0.609. The minimum Gasteiger partial charge on any atom is -0.454 e. The molecule has 1 fully saturated rings. The maximum absolute atomic E-state index is 12.4. The van der Waals surface area contributed by atoms with Crippen molar-refractivity contribution in [1.29, 1.82) is 0 Å². The van der Waals surface area contributed by atoms with Crippen molar-refractivity contribution < 1.29 is 19.1 Å². The Morgan fingerprint density at radius 2 is 1.72 bits per heavy atom. The predicted molar refractivity (Wildman–Crippen MR) is 111 cm³/mol. The van der Waals surface area contributed by atoms with E-state index in [2.05, 4.69) is 5.32 Å². The summed E-state index contributed by atoms with van der Waals surface area (Å²) in [6.45, 7) is 3.50. The van der Waals surface area contributed by atoms with Gasteiger partial charge in [0.05, 0.1) is 6.42 Å². The summed E-state index contributed by atoms with van der Waals surface area (Å²) in [5, 5.41) is 4.66. The number of amides is 2. The number of benzene rings is 2. The Morgan fingerprint density at radius 3 is 2.48 bits per heavy atom. The Hall–Kier alpha value is -2.89. The van der Waals surface area contributed by atoms with E-state index in [1.54, 1.807) is 4.90 Å². The minimum absolute atomic E-state index is 0.158. The van der Waals surface area contributed by atoms with Crippen molar-refractivity contribution in [2.24, 2.45) is 0 Å². The number of hydrogen-bond donors (Lipinski definition) is 1. The van der Waals surface area contributed by atoms with Gasteiger partial charge in [0.2, 0.25) is 5.91 Å². The normalized spacial score (nSPS) is 19.0. The summed E-state index contributed by atoms with van der Waals surface area (Å²) >= 11 is 0. The molecule has 1 aliphatic heterocycles. The van der Waals surface area contributed by atoms with Gasteiger partial charge in [-0.2, -0.15) is 0 Å². The van der Waals surface area contributed by atoms with E-state index in [1.165, 1.54) is 0 Å². The van der Waals surface area contributed by atoms with Gasteiger partial charge >= 0.3 is 5.97 Å². The van der Waals surface area contributed by atoms with Crippen LogP contribution in [0.25, 0.3) is 10.8 Å². The molecule has 6 nitrogen and oxygen atoms in total. The largest absolute Gasteiger partial charge is 0.454 e. The Kier molecular flexibility index (Phi) is 6.86. The second-order valence-electron chi connectivity index (χ2n) is 7.68. The monoisotopic (exact) mass is 396 g/mol. The first-order valence-corrected chi connectivity index (χ1v) is 10.2. The van der Waals surface area contributed by atoms with Crippen molar-refractivity contribution in [3.8, 4) is 0 Å². The van der Waals surface area contributed by atoms with Crippen LogP contribution in [-0.4, -0.2) is 47.9 Å². The quantitative estimate of drug-likeness (QED) is 0.762. The summed E-state index contributed by atoms with van der Waals surface area (Å²) < 4.78 is 5.08. The second-order valence-corrected chi connectivity index (χ2v) is 7.68. The highest BCUT2D eigenvalue weighted by Gasteiger charge is 2.29. The molecular formula is C23H28N2O4. The van der Waals surface area contributed by atoms with Gasteiger partial charge in [-0.05, 0) is 49.4 Å². The number of carbonyl (C=O) groups is 3. The van der Waals surface area contributed by atoms with E-state index in [9.17, 15) is 14.4 Å². The molecule has 0 unspecified atom stereocenters. The topological polar surface area (TPSA) is 75.7 Å². The molecular weight excluding hydrogens is 368 g/mol. The van der Waals surface area contributed by atoms with Crippen molar-refractivity contribution in [3.63, 3.8) is 0 Å². The zero-order chi connectivity index (χ0) is 20.8. The van der Waals surface area contributed by atoms with Crippen LogP contribution in [-0.2, 0) is 25.5 Å². The molecule has 0 spiro atoms. The van der Waals surface area contributed by atoms with Gasteiger partial charge in [-0.3, -0.25) is 14.4 Å². The lowest BCUT2D eigenvalue weighted by molar-refractivity contribution is -0.154. The number of carbonyl (C=O) groups excluding carboxylic acids is 3. The number of nitrogens with one attached hydrogen (secondary N) is 1. The molecule has 1 N–H and O–H groups in total. The number of rotatable bonds is 6. The predicted octanol–water partition coefficient (Wildman–Crippen LogP) is 2.83. The molecule has 0 aliphatic carbocycles. The first-order chi connectivity index (χ1) is 14.0. The van der Waals surface area contributed by atoms with Crippen molar-refractivity contribution >= 4 is 28.6 Å². The highest BCUT2D eigenvalue weighted by molar-refractivity contribution is 5.91. The molecule has 2 aromatic rings. The lowest BCUT2D eigenvalue weighted by atomic mass is 9.97. The maximum atomic E-state index is 12.4. The van der Waals surface area contributed by atoms with E-state index in [4.69, 9.17) is 4.74 Å². The Bertz CT molecular complexity index is 880. The van der Waals surface area contributed by atoms with Crippen LogP contribution in [0, 0.1) is 0 Å². The Balaban J connectivity index is 1.45. The number of fused-ring (bicyclic) bond motifs is 1. The average molecular weight is 396 g/mol. The van der Waals surface area contributed by atoms with E-state index in [1.807, 2.05) is 56.3 Å². The fraction of sp³-hybridized carbons (Fsp3) is 0.435. The molecule has 2 amide bonds. The summed E-state index contributed by atoms with van der Waals surface area (Å²) in [6, 6.07) is 14.0. The zero-order valence-corrected chi connectivity index (χ0v) is 17.0. The summed E-state index contributed by atoms with van der Waals surface area (Å²) in [5.41, 5.74) is 0.900. The number of hydrogen-bond acceptors (Lipinski definition) is 4.